The Morgan fingerprint density at radius 1 is 1.23 bits per heavy atom. The lowest BCUT2D eigenvalue weighted by Gasteiger charge is -2.22. The Labute approximate surface area is 153 Å². The molecule has 0 spiro atoms. The lowest BCUT2D eigenvalue weighted by molar-refractivity contribution is -0.123. The Balaban J connectivity index is 1.85. The number of nitrogens with zero attached hydrogens (tertiary/aromatic N) is 2. The van der Waals surface area contributed by atoms with Crippen LogP contribution in [0.25, 0.3) is 0 Å². The molecule has 0 aliphatic rings. The van der Waals surface area contributed by atoms with Gasteiger partial charge in [0.25, 0.3) is 5.91 Å². The second-order valence-electron chi connectivity index (χ2n) is 6.34. The van der Waals surface area contributed by atoms with E-state index in [1.165, 1.54) is 0 Å². The molecule has 0 saturated carbocycles. The van der Waals surface area contributed by atoms with Crippen LogP contribution < -0.4 is 15.4 Å². The Morgan fingerprint density at radius 3 is 2.54 bits per heavy atom. The summed E-state index contributed by atoms with van der Waals surface area (Å²) >= 11 is 0. The van der Waals surface area contributed by atoms with Gasteiger partial charge in [0, 0.05) is 31.0 Å². The number of methoxy groups -OCH3 is 1. The van der Waals surface area contributed by atoms with Crippen molar-refractivity contribution in [1.29, 1.82) is 0 Å². The van der Waals surface area contributed by atoms with Crippen molar-refractivity contribution in [3.63, 3.8) is 0 Å². The highest BCUT2D eigenvalue weighted by molar-refractivity contribution is 5.97. The van der Waals surface area contributed by atoms with Gasteiger partial charge in [0.05, 0.1) is 7.11 Å². The first-order chi connectivity index (χ1) is 12.5. The third kappa shape index (κ3) is 5.61. The zero-order valence-corrected chi connectivity index (χ0v) is 15.4. The molecule has 0 saturated heterocycles. The summed E-state index contributed by atoms with van der Waals surface area (Å²) in [5.41, 5.74) is 0.489. The van der Waals surface area contributed by atoms with Crippen LogP contribution in [0.5, 0.6) is 5.75 Å². The minimum Gasteiger partial charge on any atom is -0.497 e. The summed E-state index contributed by atoms with van der Waals surface area (Å²) < 4.78 is 6.90. The van der Waals surface area contributed by atoms with Crippen molar-refractivity contribution in [2.45, 2.75) is 32.9 Å². The van der Waals surface area contributed by atoms with Gasteiger partial charge in [-0.25, -0.2) is 0 Å². The number of aromatic nitrogens is 2. The maximum atomic E-state index is 12.4. The minimum atomic E-state index is -0.589. The first-order valence-electron chi connectivity index (χ1n) is 8.71. The number of carbonyl (C=O) groups excluding carboxylic acids is 2. The third-order valence-electron chi connectivity index (χ3n) is 4.01. The van der Waals surface area contributed by atoms with Crippen molar-refractivity contribution in [1.82, 2.24) is 20.4 Å². The molecule has 1 aromatic carbocycles. The number of amides is 2. The number of ether oxygens (including phenoxy) is 1. The fourth-order valence-corrected chi connectivity index (χ4v) is 2.50. The van der Waals surface area contributed by atoms with Crippen LogP contribution in [0, 0.1) is 5.92 Å². The first kappa shape index (κ1) is 19.5. The van der Waals surface area contributed by atoms with E-state index in [1.807, 2.05) is 30.8 Å². The normalized spacial score (nSPS) is 11.8. The second-order valence-corrected chi connectivity index (χ2v) is 6.34. The van der Waals surface area contributed by atoms with Gasteiger partial charge in [-0.2, -0.15) is 5.10 Å². The highest BCUT2D eigenvalue weighted by Gasteiger charge is 2.24. The summed E-state index contributed by atoms with van der Waals surface area (Å²) in [6, 6.07) is 8.06. The molecule has 2 aromatic rings. The summed E-state index contributed by atoms with van der Waals surface area (Å²) in [6.45, 7) is 5.07. The Kier molecular flexibility index (Phi) is 7.20. The minimum absolute atomic E-state index is 0.0247. The van der Waals surface area contributed by atoms with Gasteiger partial charge in [-0.1, -0.05) is 13.8 Å². The second kappa shape index (κ2) is 9.60. The quantitative estimate of drug-likeness (QED) is 0.670. The van der Waals surface area contributed by atoms with Gasteiger partial charge in [-0.15, -0.1) is 0 Å². The van der Waals surface area contributed by atoms with E-state index >= 15 is 0 Å². The van der Waals surface area contributed by atoms with Gasteiger partial charge in [0.1, 0.15) is 11.8 Å². The van der Waals surface area contributed by atoms with Gasteiger partial charge in [0.15, 0.2) is 0 Å². The predicted molar refractivity (Wildman–Crippen MR) is 98.9 cm³/mol. The number of rotatable bonds is 9. The topological polar surface area (TPSA) is 85.2 Å². The molecule has 0 fully saturated rings. The van der Waals surface area contributed by atoms with E-state index in [1.54, 1.807) is 37.6 Å². The lowest BCUT2D eigenvalue weighted by Crippen LogP contribution is -2.49. The molecule has 0 aliphatic heterocycles. The fraction of sp³-hybridized carbons (Fsp3) is 0.421. The standard InChI is InChI=1S/C19H26N4O3/c1-14(2)17(19(25)20-10-4-12-23-13-5-11-21-23)22-18(24)15-6-8-16(26-3)9-7-15/h5-9,11,13-14,17H,4,10,12H2,1-3H3,(H,20,25)(H,22,24)/t17-/m0/s1. The van der Waals surface area contributed by atoms with Crippen LogP contribution in [0.4, 0.5) is 0 Å². The van der Waals surface area contributed by atoms with Gasteiger partial charge in [-0.3, -0.25) is 14.3 Å². The molecule has 0 bridgehead atoms. The molecule has 140 valence electrons. The summed E-state index contributed by atoms with van der Waals surface area (Å²) in [4.78, 5) is 24.9. The highest BCUT2D eigenvalue weighted by Crippen LogP contribution is 2.12. The van der Waals surface area contributed by atoms with Gasteiger partial charge < -0.3 is 15.4 Å². The molecule has 0 aliphatic carbocycles. The maximum Gasteiger partial charge on any atom is 0.251 e. The maximum absolute atomic E-state index is 12.4. The Hall–Kier alpha value is -2.83. The first-order valence-corrected chi connectivity index (χ1v) is 8.71. The van der Waals surface area contributed by atoms with Gasteiger partial charge in [0.2, 0.25) is 5.91 Å². The van der Waals surface area contributed by atoms with E-state index in [2.05, 4.69) is 15.7 Å². The van der Waals surface area contributed by atoms with E-state index < -0.39 is 6.04 Å². The molecule has 2 amide bonds. The van der Waals surface area contributed by atoms with Crippen LogP contribution in [0.2, 0.25) is 0 Å². The van der Waals surface area contributed by atoms with E-state index in [4.69, 9.17) is 4.74 Å². The van der Waals surface area contributed by atoms with Crippen molar-refractivity contribution in [3.05, 3.63) is 48.3 Å². The largest absolute Gasteiger partial charge is 0.497 e. The van der Waals surface area contributed by atoms with Crippen LogP contribution in [0.1, 0.15) is 30.6 Å². The van der Waals surface area contributed by atoms with E-state index in [0.717, 1.165) is 13.0 Å². The molecule has 2 N–H and O–H groups in total. The highest BCUT2D eigenvalue weighted by atomic mass is 16.5. The Morgan fingerprint density at radius 2 is 1.96 bits per heavy atom. The molecule has 26 heavy (non-hydrogen) atoms. The zero-order valence-electron chi connectivity index (χ0n) is 15.4. The van der Waals surface area contributed by atoms with Crippen LogP contribution >= 0.6 is 0 Å². The number of benzene rings is 1. The van der Waals surface area contributed by atoms with Crippen LogP contribution in [0.15, 0.2) is 42.7 Å². The molecule has 2 rings (SSSR count). The molecular formula is C19H26N4O3. The third-order valence-corrected chi connectivity index (χ3v) is 4.01. The fourth-order valence-electron chi connectivity index (χ4n) is 2.50. The Bertz CT molecular complexity index is 696. The summed E-state index contributed by atoms with van der Waals surface area (Å²) in [6.07, 6.45) is 4.38. The van der Waals surface area contributed by atoms with Crippen LogP contribution in [0.3, 0.4) is 0 Å². The van der Waals surface area contributed by atoms with Crippen molar-refractivity contribution >= 4 is 11.8 Å². The van der Waals surface area contributed by atoms with Crippen molar-refractivity contribution in [3.8, 4) is 5.75 Å². The summed E-state index contributed by atoms with van der Waals surface area (Å²) in [7, 11) is 1.57. The molecule has 1 atom stereocenters. The number of nitrogens with one attached hydrogen (secondary N) is 2. The van der Waals surface area contributed by atoms with E-state index in [9.17, 15) is 9.59 Å². The molecule has 1 aromatic heterocycles. The molecule has 7 nitrogen and oxygen atoms in total. The molecule has 7 heteroatoms. The lowest BCUT2D eigenvalue weighted by atomic mass is 10.0. The van der Waals surface area contributed by atoms with E-state index in [0.29, 0.717) is 17.9 Å². The molecular weight excluding hydrogens is 332 g/mol. The number of hydrogen-bond donors (Lipinski definition) is 2. The molecule has 0 unspecified atom stereocenters. The van der Waals surface area contributed by atoms with Crippen molar-refractivity contribution < 1.29 is 14.3 Å². The number of aryl methyl sites for hydroxylation is 1. The van der Waals surface area contributed by atoms with Crippen LogP contribution in [-0.4, -0.2) is 41.3 Å². The van der Waals surface area contributed by atoms with Crippen molar-refractivity contribution in [2.24, 2.45) is 5.92 Å². The SMILES string of the molecule is COc1ccc(C(=O)N[C@H](C(=O)NCCCn2cccn2)C(C)C)cc1. The van der Waals surface area contributed by atoms with Gasteiger partial charge >= 0.3 is 0 Å². The average Bonchev–Trinajstić information content (AvgIpc) is 3.16. The van der Waals surface area contributed by atoms with Gasteiger partial charge in [-0.05, 0) is 42.7 Å². The predicted octanol–water partition coefficient (Wildman–Crippen LogP) is 1.85. The molecule has 0 radical (unpaired) electrons. The monoisotopic (exact) mass is 358 g/mol. The van der Waals surface area contributed by atoms with E-state index in [-0.39, 0.29) is 17.7 Å². The molecule has 1 heterocycles. The summed E-state index contributed by atoms with van der Waals surface area (Å²) in [5.74, 6) is 0.195. The number of carbonyl (C=O) groups is 2. The number of hydrogen-bond acceptors (Lipinski definition) is 4. The summed E-state index contributed by atoms with van der Waals surface area (Å²) in [5, 5.41) is 9.82. The smallest absolute Gasteiger partial charge is 0.251 e. The van der Waals surface area contributed by atoms with Crippen LogP contribution in [-0.2, 0) is 11.3 Å². The zero-order chi connectivity index (χ0) is 18.9. The average molecular weight is 358 g/mol. The van der Waals surface area contributed by atoms with Crippen molar-refractivity contribution in [2.75, 3.05) is 13.7 Å².